The van der Waals surface area contributed by atoms with Crippen LogP contribution in [0.4, 0.5) is 0 Å². The predicted molar refractivity (Wildman–Crippen MR) is 73.0 cm³/mol. The van der Waals surface area contributed by atoms with Gasteiger partial charge in [-0.05, 0) is 0 Å². The average Bonchev–Trinajstić information content (AvgIpc) is 2.52. The van der Waals surface area contributed by atoms with E-state index in [4.69, 9.17) is 19.6 Å². The molecule has 0 aliphatic heterocycles. The van der Waals surface area contributed by atoms with Crippen LogP contribution in [0, 0.1) is 0 Å². The lowest BCUT2D eigenvalue weighted by molar-refractivity contribution is 0.115. The molecule has 1 aromatic rings. The minimum absolute atomic E-state index is 0. The van der Waals surface area contributed by atoms with Crippen LogP contribution in [0.3, 0.4) is 0 Å². The predicted octanol–water partition coefficient (Wildman–Crippen LogP) is -1.92. The first-order chi connectivity index (χ1) is 7.08. The highest BCUT2D eigenvalue weighted by atomic mass is 35.5. The number of imidazole rings is 1. The van der Waals surface area contributed by atoms with Gasteiger partial charge in [-0.25, -0.2) is 4.98 Å². The molecule has 0 aromatic carbocycles. The second kappa shape index (κ2) is 9.08. The zero-order chi connectivity index (χ0) is 12.6. The molecule has 0 unspecified atom stereocenters. The van der Waals surface area contributed by atoms with Gasteiger partial charge in [0.25, 0.3) is 5.08 Å². The number of nitrogens with zero attached hydrogens (tertiary/aromatic N) is 2. The van der Waals surface area contributed by atoms with E-state index in [1.165, 1.54) is 12.4 Å². The average molecular weight is 381 g/mol. The molecule has 0 amide bonds. The highest BCUT2D eigenvalue weighted by molar-refractivity contribution is 7.72. The Labute approximate surface area is 125 Å². The van der Waals surface area contributed by atoms with E-state index in [-0.39, 0.29) is 35.8 Å². The Hall–Kier alpha value is -0.0300. The molecule has 0 atom stereocenters. The fourth-order valence-electron chi connectivity index (χ4n) is 0.979. The number of aliphatic hydroxyl groups is 1. The van der Waals surface area contributed by atoms with Crippen LogP contribution >= 0.6 is 40.0 Å². The van der Waals surface area contributed by atoms with Crippen LogP contribution in [0.2, 0.25) is 0 Å². The first kappa shape index (κ1) is 28.2. The van der Waals surface area contributed by atoms with Crippen LogP contribution < -0.4 is 0 Å². The smallest absolute Gasteiger partial charge is 0.371 e. The van der Waals surface area contributed by atoms with Gasteiger partial charge in [0.15, 0.2) is 0 Å². The van der Waals surface area contributed by atoms with Crippen molar-refractivity contribution in [2.24, 2.45) is 0 Å². The van der Waals surface area contributed by atoms with Gasteiger partial charge in [0, 0.05) is 12.4 Å². The van der Waals surface area contributed by atoms with Crippen molar-refractivity contribution in [1.82, 2.24) is 9.55 Å². The van der Waals surface area contributed by atoms with Crippen molar-refractivity contribution in [1.29, 1.82) is 0 Å². The Balaban J connectivity index is -0.000000320. The Morgan fingerprint density at radius 1 is 1.05 bits per heavy atom. The molecule has 0 saturated carbocycles. The summed E-state index contributed by atoms with van der Waals surface area (Å²) in [6.07, 6.45) is 3.51. The van der Waals surface area contributed by atoms with E-state index >= 15 is 0 Å². The standard InChI is InChI=1S/C5H10N2O7P2.2ClH.2H2O/c8-5(15(9,10)11,16(12,13)14)3-7-2-1-6-4-7;;;;/h1-2,4,8H,3H2,(H2,9,10,11)(H2,12,13,14);2*1H;2*1H2. The van der Waals surface area contributed by atoms with Gasteiger partial charge >= 0.3 is 15.2 Å². The molecule has 0 bridgehead atoms. The Kier molecular flexibility index (Phi) is 12.8. The fraction of sp³-hybridized carbons (Fsp3) is 0.400. The maximum Gasteiger partial charge on any atom is 0.371 e. The normalized spacial score (nSPS) is 11.2. The molecule has 11 nitrogen and oxygen atoms in total. The van der Waals surface area contributed by atoms with Crippen LogP contribution in [0.1, 0.15) is 0 Å². The Morgan fingerprint density at radius 2 is 1.45 bits per heavy atom. The lowest BCUT2D eigenvalue weighted by Crippen LogP contribution is -2.33. The van der Waals surface area contributed by atoms with Crippen molar-refractivity contribution in [3.8, 4) is 0 Å². The largest absolute Gasteiger partial charge is 0.412 e. The quantitative estimate of drug-likeness (QED) is 0.369. The van der Waals surface area contributed by atoms with E-state index in [1.807, 2.05) is 0 Å². The first-order valence-electron chi connectivity index (χ1n) is 3.87. The fourth-order valence-corrected chi connectivity index (χ4v) is 3.03. The third-order valence-electron chi connectivity index (χ3n) is 1.89. The van der Waals surface area contributed by atoms with E-state index in [2.05, 4.69) is 4.98 Å². The molecule has 1 heterocycles. The van der Waals surface area contributed by atoms with Crippen LogP contribution in [0.25, 0.3) is 0 Å². The van der Waals surface area contributed by atoms with E-state index in [1.54, 1.807) is 0 Å². The lowest BCUT2D eigenvalue weighted by atomic mass is 10.6. The van der Waals surface area contributed by atoms with Crippen LogP contribution in [-0.2, 0) is 15.7 Å². The van der Waals surface area contributed by atoms with Crippen molar-refractivity contribution in [2.75, 3.05) is 0 Å². The highest BCUT2D eigenvalue weighted by Gasteiger charge is 2.59. The molecular weight excluding hydrogens is 365 g/mol. The third-order valence-corrected chi connectivity index (χ3v) is 5.60. The van der Waals surface area contributed by atoms with Crippen LogP contribution in [0.5, 0.6) is 0 Å². The van der Waals surface area contributed by atoms with Crippen molar-refractivity contribution < 1.29 is 44.8 Å². The number of hydrogen-bond acceptors (Lipinski definition) is 4. The third kappa shape index (κ3) is 5.76. The second-order valence-corrected chi connectivity index (χ2v) is 7.11. The molecule has 1 aromatic heterocycles. The summed E-state index contributed by atoms with van der Waals surface area (Å²) in [5.74, 6) is 0. The van der Waals surface area contributed by atoms with Gasteiger partial charge in [0.2, 0.25) is 0 Å². The molecule has 0 radical (unpaired) electrons. The van der Waals surface area contributed by atoms with Gasteiger partial charge in [-0.3, -0.25) is 9.13 Å². The van der Waals surface area contributed by atoms with Gasteiger partial charge in [0.1, 0.15) is 0 Å². The van der Waals surface area contributed by atoms with Gasteiger partial charge in [0.05, 0.1) is 12.9 Å². The zero-order valence-corrected chi connectivity index (χ0v) is 13.0. The molecule has 20 heavy (non-hydrogen) atoms. The molecular formula is C5H16Cl2N2O9P2. The highest BCUT2D eigenvalue weighted by Crippen LogP contribution is 2.67. The Morgan fingerprint density at radius 3 is 1.70 bits per heavy atom. The molecule has 0 saturated heterocycles. The second-order valence-electron chi connectivity index (χ2n) is 3.10. The van der Waals surface area contributed by atoms with Crippen molar-refractivity contribution in [3.05, 3.63) is 18.7 Å². The summed E-state index contributed by atoms with van der Waals surface area (Å²) < 4.78 is 22.8. The zero-order valence-electron chi connectivity index (χ0n) is 9.60. The van der Waals surface area contributed by atoms with E-state index in [0.717, 1.165) is 10.9 Å². The topological polar surface area (TPSA) is 216 Å². The summed E-state index contributed by atoms with van der Waals surface area (Å²) in [5, 5.41) is 6.04. The molecule has 124 valence electrons. The maximum atomic E-state index is 10.9. The number of rotatable bonds is 4. The minimum atomic E-state index is -5.41. The van der Waals surface area contributed by atoms with Gasteiger partial charge in [-0.2, -0.15) is 0 Å². The first-order valence-corrected chi connectivity index (χ1v) is 7.10. The van der Waals surface area contributed by atoms with Crippen LogP contribution in [0.15, 0.2) is 18.7 Å². The summed E-state index contributed by atoms with van der Waals surface area (Å²) >= 11 is 0. The molecule has 0 fully saturated rings. The van der Waals surface area contributed by atoms with Gasteiger partial charge in [-0.1, -0.05) is 0 Å². The summed E-state index contributed by atoms with van der Waals surface area (Å²) in [6, 6.07) is 0. The molecule has 9 N–H and O–H groups in total. The molecule has 1 rings (SSSR count). The van der Waals surface area contributed by atoms with E-state index in [9.17, 15) is 14.2 Å². The molecule has 0 aliphatic carbocycles. The monoisotopic (exact) mass is 380 g/mol. The van der Waals surface area contributed by atoms with Crippen molar-refractivity contribution in [2.45, 2.75) is 11.6 Å². The minimum Gasteiger partial charge on any atom is -0.412 e. The van der Waals surface area contributed by atoms with E-state index < -0.39 is 26.8 Å². The van der Waals surface area contributed by atoms with Crippen molar-refractivity contribution >= 4 is 40.0 Å². The Bertz CT molecular complexity index is 435. The maximum absolute atomic E-state index is 10.9. The SMILES string of the molecule is Cl.Cl.O.O.O=P(O)(O)C(O)(Cn1ccnc1)P(=O)(O)O. The number of hydrogen-bond donors (Lipinski definition) is 5. The summed E-state index contributed by atoms with van der Waals surface area (Å²) in [5.41, 5.74) is 0. The van der Waals surface area contributed by atoms with Gasteiger partial charge < -0.3 is 40.2 Å². The summed E-state index contributed by atoms with van der Waals surface area (Å²) in [4.78, 5) is 38.7. The van der Waals surface area contributed by atoms with E-state index in [0.29, 0.717) is 0 Å². The summed E-state index contributed by atoms with van der Waals surface area (Å²) in [6.45, 7) is -0.957. The lowest BCUT2D eigenvalue weighted by Gasteiger charge is -2.29. The number of halogens is 2. The number of aromatic nitrogens is 2. The molecule has 0 spiro atoms. The summed E-state index contributed by atoms with van der Waals surface area (Å²) in [7, 11) is -10.8. The molecule has 0 aliphatic rings. The molecule has 15 heteroatoms. The van der Waals surface area contributed by atoms with Crippen molar-refractivity contribution in [3.63, 3.8) is 0 Å². The van der Waals surface area contributed by atoms with Gasteiger partial charge in [-0.15, -0.1) is 24.8 Å². The van der Waals surface area contributed by atoms with Crippen LogP contribution in [-0.4, -0.2) is 50.3 Å².